The lowest BCUT2D eigenvalue weighted by Crippen LogP contribution is -2.08. The molecule has 0 saturated heterocycles. The van der Waals surface area contributed by atoms with E-state index in [9.17, 15) is 0 Å². The number of fused-ring (bicyclic) bond motifs is 1. The first-order valence-electron chi connectivity index (χ1n) is 6.20. The second kappa shape index (κ2) is 4.78. The van der Waals surface area contributed by atoms with Gasteiger partial charge in [0.1, 0.15) is 5.52 Å². The highest BCUT2D eigenvalue weighted by Crippen LogP contribution is 2.17. The summed E-state index contributed by atoms with van der Waals surface area (Å²) in [5, 5.41) is 11.5. The first-order chi connectivity index (χ1) is 9.29. The fraction of sp³-hybridized carbons (Fsp3) is 0.214. The molecule has 0 bridgehead atoms. The van der Waals surface area contributed by atoms with E-state index < -0.39 is 0 Å². The third-order valence-electron chi connectivity index (χ3n) is 3.04. The molecule has 2 aromatic heterocycles. The fourth-order valence-corrected chi connectivity index (χ4v) is 2.17. The van der Waals surface area contributed by atoms with Crippen LogP contribution in [0.5, 0.6) is 0 Å². The average molecular weight is 253 g/mol. The molecule has 0 spiro atoms. The third-order valence-corrected chi connectivity index (χ3v) is 3.04. The van der Waals surface area contributed by atoms with Gasteiger partial charge in [-0.05, 0) is 43.3 Å². The summed E-state index contributed by atoms with van der Waals surface area (Å²) in [7, 11) is 1.92. The van der Waals surface area contributed by atoms with Gasteiger partial charge in [0.2, 0.25) is 0 Å². The van der Waals surface area contributed by atoms with Gasteiger partial charge in [-0.1, -0.05) is 17.3 Å². The number of benzene rings is 1. The molecule has 96 valence electrons. The Hall–Kier alpha value is -2.27. The molecule has 3 rings (SSSR count). The molecule has 1 N–H and O–H groups in total. The minimum absolute atomic E-state index is 0.812. The molecule has 0 saturated carbocycles. The van der Waals surface area contributed by atoms with Gasteiger partial charge in [0.05, 0.1) is 5.52 Å². The topological polar surface area (TPSA) is 55.6 Å². The molecule has 3 aromatic rings. The average Bonchev–Trinajstić information content (AvgIpc) is 2.83. The molecule has 0 atom stereocenters. The second-order valence-corrected chi connectivity index (χ2v) is 4.50. The number of hydrogen-bond donors (Lipinski definition) is 1. The molecule has 0 fully saturated rings. The number of aromatic nitrogens is 4. The predicted octanol–water partition coefficient (Wildman–Crippen LogP) is 1.84. The molecule has 2 heterocycles. The maximum Gasteiger partial charge on any atom is 0.158 e. The van der Waals surface area contributed by atoms with Crippen LogP contribution >= 0.6 is 0 Å². The zero-order chi connectivity index (χ0) is 13.2. The van der Waals surface area contributed by atoms with Crippen molar-refractivity contribution < 1.29 is 0 Å². The summed E-state index contributed by atoms with van der Waals surface area (Å²) >= 11 is 0. The lowest BCUT2D eigenvalue weighted by Gasteiger charge is -2.07. The molecule has 0 amide bonds. The van der Waals surface area contributed by atoms with Gasteiger partial charge in [-0.2, -0.15) is 4.68 Å². The molecule has 0 radical (unpaired) electrons. The van der Waals surface area contributed by atoms with Crippen molar-refractivity contribution in [1.29, 1.82) is 0 Å². The number of aryl methyl sites for hydroxylation is 1. The highest BCUT2D eigenvalue weighted by atomic mass is 15.4. The van der Waals surface area contributed by atoms with E-state index in [1.54, 1.807) is 4.68 Å². The van der Waals surface area contributed by atoms with Crippen LogP contribution in [0.3, 0.4) is 0 Å². The molecule has 19 heavy (non-hydrogen) atoms. The van der Waals surface area contributed by atoms with E-state index >= 15 is 0 Å². The fourth-order valence-electron chi connectivity index (χ4n) is 2.17. The van der Waals surface area contributed by atoms with Crippen LogP contribution in [0, 0.1) is 6.92 Å². The van der Waals surface area contributed by atoms with Crippen LogP contribution in [0.4, 0.5) is 0 Å². The smallest absolute Gasteiger partial charge is 0.158 e. The molecule has 5 nitrogen and oxygen atoms in total. The minimum Gasteiger partial charge on any atom is -0.316 e. The molecule has 0 aliphatic rings. The maximum absolute atomic E-state index is 4.51. The standard InChI is InChI=1S/C14H15N5/c1-10-7-11(8-15-2)9-16-14(10)19-13-6-4-3-5-12(13)17-18-19/h3-7,9,15H,8H2,1-2H3. The van der Waals surface area contributed by atoms with E-state index in [2.05, 4.69) is 26.7 Å². The van der Waals surface area contributed by atoms with E-state index in [0.717, 1.165) is 34.5 Å². The Bertz CT molecular complexity index is 717. The van der Waals surface area contributed by atoms with Crippen molar-refractivity contribution in [2.75, 3.05) is 7.05 Å². The molecular weight excluding hydrogens is 238 g/mol. The Morgan fingerprint density at radius 2 is 2.11 bits per heavy atom. The molecule has 0 unspecified atom stereocenters. The van der Waals surface area contributed by atoms with Gasteiger partial charge < -0.3 is 5.32 Å². The minimum atomic E-state index is 0.812. The summed E-state index contributed by atoms with van der Waals surface area (Å²) in [6.45, 7) is 2.85. The SMILES string of the molecule is CNCc1cnc(-n2nnc3ccccc32)c(C)c1. The Labute approximate surface area is 111 Å². The van der Waals surface area contributed by atoms with Crippen LogP contribution in [0.1, 0.15) is 11.1 Å². The van der Waals surface area contributed by atoms with E-state index in [-0.39, 0.29) is 0 Å². The lowest BCUT2D eigenvalue weighted by atomic mass is 10.2. The lowest BCUT2D eigenvalue weighted by molar-refractivity contribution is 0.780. The monoisotopic (exact) mass is 253 g/mol. The van der Waals surface area contributed by atoms with Crippen LogP contribution in [-0.4, -0.2) is 27.0 Å². The van der Waals surface area contributed by atoms with Gasteiger partial charge in [-0.15, -0.1) is 5.10 Å². The van der Waals surface area contributed by atoms with Crippen LogP contribution in [0.15, 0.2) is 36.5 Å². The summed E-state index contributed by atoms with van der Waals surface area (Å²) in [6.07, 6.45) is 1.87. The first-order valence-corrected chi connectivity index (χ1v) is 6.20. The normalized spacial score (nSPS) is 11.1. The van der Waals surface area contributed by atoms with Crippen molar-refractivity contribution in [3.05, 3.63) is 47.7 Å². The van der Waals surface area contributed by atoms with Crippen molar-refractivity contribution >= 4 is 11.0 Å². The number of nitrogens with zero attached hydrogens (tertiary/aromatic N) is 4. The van der Waals surface area contributed by atoms with Crippen molar-refractivity contribution in [1.82, 2.24) is 25.3 Å². The summed E-state index contributed by atoms with van der Waals surface area (Å²) in [5.41, 5.74) is 4.10. The summed E-state index contributed by atoms with van der Waals surface area (Å²) in [4.78, 5) is 4.51. The van der Waals surface area contributed by atoms with E-state index in [1.165, 1.54) is 0 Å². The van der Waals surface area contributed by atoms with Gasteiger partial charge in [-0.25, -0.2) is 4.98 Å². The Balaban J connectivity index is 2.11. The number of pyridine rings is 1. The van der Waals surface area contributed by atoms with Crippen LogP contribution in [-0.2, 0) is 6.54 Å². The van der Waals surface area contributed by atoms with Gasteiger partial charge in [0, 0.05) is 12.7 Å². The van der Waals surface area contributed by atoms with Gasteiger partial charge >= 0.3 is 0 Å². The molecule has 0 aliphatic carbocycles. The first kappa shape index (κ1) is 11.8. The van der Waals surface area contributed by atoms with E-state index in [4.69, 9.17) is 0 Å². The van der Waals surface area contributed by atoms with Crippen molar-refractivity contribution in [3.8, 4) is 5.82 Å². The van der Waals surface area contributed by atoms with Gasteiger partial charge in [0.25, 0.3) is 0 Å². The van der Waals surface area contributed by atoms with E-state index in [0.29, 0.717) is 0 Å². The zero-order valence-corrected chi connectivity index (χ0v) is 11.0. The summed E-state index contributed by atoms with van der Waals surface area (Å²) < 4.78 is 1.79. The number of nitrogens with one attached hydrogen (secondary N) is 1. The van der Waals surface area contributed by atoms with Crippen molar-refractivity contribution in [3.63, 3.8) is 0 Å². The molecule has 1 aromatic carbocycles. The van der Waals surface area contributed by atoms with Crippen LogP contribution in [0.2, 0.25) is 0 Å². The molecular formula is C14H15N5. The highest BCUT2D eigenvalue weighted by molar-refractivity contribution is 5.75. The van der Waals surface area contributed by atoms with Gasteiger partial charge in [0.15, 0.2) is 5.82 Å². The predicted molar refractivity (Wildman–Crippen MR) is 74.2 cm³/mol. The Morgan fingerprint density at radius 3 is 2.89 bits per heavy atom. The number of rotatable bonds is 3. The van der Waals surface area contributed by atoms with Crippen LogP contribution < -0.4 is 5.32 Å². The van der Waals surface area contributed by atoms with Crippen molar-refractivity contribution in [2.45, 2.75) is 13.5 Å². The molecule has 0 aliphatic heterocycles. The Morgan fingerprint density at radius 1 is 1.26 bits per heavy atom. The summed E-state index contributed by atoms with van der Waals surface area (Å²) in [6, 6.07) is 10.0. The summed E-state index contributed by atoms with van der Waals surface area (Å²) in [5.74, 6) is 0.827. The highest BCUT2D eigenvalue weighted by Gasteiger charge is 2.09. The third kappa shape index (κ3) is 2.08. The zero-order valence-electron chi connectivity index (χ0n) is 11.0. The number of hydrogen-bond acceptors (Lipinski definition) is 4. The second-order valence-electron chi connectivity index (χ2n) is 4.50. The molecule has 5 heteroatoms. The van der Waals surface area contributed by atoms with Crippen LogP contribution in [0.25, 0.3) is 16.9 Å². The van der Waals surface area contributed by atoms with E-state index in [1.807, 2.05) is 44.4 Å². The quantitative estimate of drug-likeness (QED) is 0.774. The maximum atomic E-state index is 4.51. The largest absolute Gasteiger partial charge is 0.316 e. The van der Waals surface area contributed by atoms with Crippen molar-refractivity contribution in [2.24, 2.45) is 0 Å². The van der Waals surface area contributed by atoms with Gasteiger partial charge in [-0.3, -0.25) is 0 Å². The Kier molecular flexibility index (Phi) is 2.97. The number of para-hydroxylation sites is 1.